The van der Waals surface area contributed by atoms with E-state index in [1.807, 2.05) is 53.4 Å². The van der Waals surface area contributed by atoms with Crippen LogP contribution in [0.1, 0.15) is 44.5 Å². The fraction of sp³-hybridized carbons (Fsp3) is 0.375. The molecule has 3 aromatic rings. The maximum absolute atomic E-state index is 13.6. The summed E-state index contributed by atoms with van der Waals surface area (Å²) in [7, 11) is 0. The molecule has 0 unspecified atom stereocenters. The average Bonchev–Trinajstić information content (AvgIpc) is 2.70. The van der Waals surface area contributed by atoms with Gasteiger partial charge in [0.15, 0.2) is 0 Å². The Bertz CT molecular complexity index is 935. The molecule has 0 fully saturated rings. The normalized spacial score (nSPS) is 11.4. The second kappa shape index (κ2) is 8.96. The van der Waals surface area contributed by atoms with Crippen molar-refractivity contribution >= 4 is 16.8 Å². The third kappa shape index (κ3) is 4.75. The lowest BCUT2D eigenvalue weighted by atomic mass is 10.0. The van der Waals surface area contributed by atoms with Crippen LogP contribution in [0.15, 0.2) is 54.7 Å². The summed E-state index contributed by atoms with van der Waals surface area (Å²) in [6, 6.07) is 15.5. The highest BCUT2D eigenvalue weighted by Crippen LogP contribution is 2.25. The molecular formula is C24H29N3O. The van der Waals surface area contributed by atoms with Crippen molar-refractivity contribution in [3.05, 3.63) is 60.3 Å². The van der Waals surface area contributed by atoms with Crippen LogP contribution >= 0.6 is 0 Å². The van der Waals surface area contributed by atoms with Crippen molar-refractivity contribution in [2.24, 2.45) is 11.8 Å². The molecule has 146 valence electrons. The summed E-state index contributed by atoms with van der Waals surface area (Å²) >= 11 is 0. The zero-order valence-electron chi connectivity index (χ0n) is 17.2. The Morgan fingerprint density at radius 3 is 2.39 bits per heavy atom. The quantitative estimate of drug-likeness (QED) is 0.552. The Balaban J connectivity index is 2.07. The number of amides is 1. The van der Waals surface area contributed by atoms with Crippen LogP contribution in [0.4, 0.5) is 0 Å². The van der Waals surface area contributed by atoms with Gasteiger partial charge in [-0.1, -0.05) is 52.0 Å². The van der Waals surface area contributed by atoms with Gasteiger partial charge >= 0.3 is 0 Å². The van der Waals surface area contributed by atoms with Gasteiger partial charge in [-0.2, -0.15) is 0 Å². The van der Waals surface area contributed by atoms with E-state index in [2.05, 4.69) is 32.7 Å². The van der Waals surface area contributed by atoms with Crippen LogP contribution in [0.2, 0.25) is 0 Å². The van der Waals surface area contributed by atoms with Crippen molar-refractivity contribution < 1.29 is 4.79 Å². The summed E-state index contributed by atoms with van der Waals surface area (Å²) < 4.78 is 0. The SMILES string of the molecule is CC(C)CCN(CC(C)C)C(=O)c1cc(-c2ccccn2)nc2ccccc12. The number of benzene rings is 1. The topological polar surface area (TPSA) is 46.1 Å². The summed E-state index contributed by atoms with van der Waals surface area (Å²) in [6.07, 6.45) is 2.75. The highest BCUT2D eigenvalue weighted by atomic mass is 16.2. The number of carbonyl (C=O) groups is 1. The van der Waals surface area contributed by atoms with Gasteiger partial charge in [-0.05, 0) is 42.5 Å². The van der Waals surface area contributed by atoms with Gasteiger partial charge in [0.1, 0.15) is 0 Å². The van der Waals surface area contributed by atoms with Gasteiger partial charge in [0.2, 0.25) is 0 Å². The minimum Gasteiger partial charge on any atom is -0.338 e. The predicted octanol–water partition coefficient (Wildman–Crippen LogP) is 5.44. The van der Waals surface area contributed by atoms with E-state index in [0.717, 1.165) is 41.8 Å². The first-order valence-corrected chi connectivity index (χ1v) is 10.1. The zero-order valence-corrected chi connectivity index (χ0v) is 17.2. The van der Waals surface area contributed by atoms with Gasteiger partial charge < -0.3 is 4.90 Å². The number of aromatic nitrogens is 2. The largest absolute Gasteiger partial charge is 0.338 e. The minimum atomic E-state index is 0.0742. The minimum absolute atomic E-state index is 0.0742. The molecule has 1 amide bonds. The van der Waals surface area contributed by atoms with Gasteiger partial charge in [-0.3, -0.25) is 9.78 Å². The van der Waals surface area contributed by atoms with Crippen molar-refractivity contribution in [3.63, 3.8) is 0 Å². The number of hydrogen-bond acceptors (Lipinski definition) is 3. The van der Waals surface area contributed by atoms with Crippen LogP contribution in [0.3, 0.4) is 0 Å². The Labute approximate surface area is 167 Å². The smallest absolute Gasteiger partial charge is 0.254 e. The molecule has 28 heavy (non-hydrogen) atoms. The monoisotopic (exact) mass is 375 g/mol. The van der Waals surface area contributed by atoms with Gasteiger partial charge in [0.05, 0.1) is 22.5 Å². The van der Waals surface area contributed by atoms with E-state index in [-0.39, 0.29) is 5.91 Å². The molecule has 2 heterocycles. The molecule has 0 atom stereocenters. The predicted molar refractivity (Wildman–Crippen MR) is 115 cm³/mol. The number of fused-ring (bicyclic) bond motifs is 1. The molecule has 0 radical (unpaired) electrons. The van der Waals surface area contributed by atoms with E-state index >= 15 is 0 Å². The molecule has 3 rings (SSSR count). The molecule has 0 bridgehead atoms. The van der Waals surface area contributed by atoms with Gasteiger partial charge in [-0.15, -0.1) is 0 Å². The second-order valence-corrected chi connectivity index (χ2v) is 8.11. The average molecular weight is 376 g/mol. The van der Waals surface area contributed by atoms with Crippen LogP contribution in [0.25, 0.3) is 22.3 Å². The lowest BCUT2D eigenvalue weighted by Gasteiger charge is -2.26. The Morgan fingerprint density at radius 2 is 1.71 bits per heavy atom. The maximum atomic E-state index is 13.6. The number of para-hydroxylation sites is 1. The summed E-state index contributed by atoms with van der Waals surface area (Å²) in [5.74, 6) is 1.05. The van der Waals surface area contributed by atoms with E-state index in [1.165, 1.54) is 0 Å². The van der Waals surface area contributed by atoms with Crippen molar-refractivity contribution in [1.82, 2.24) is 14.9 Å². The first-order valence-electron chi connectivity index (χ1n) is 10.1. The molecule has 0 aliphatic rings. The Kier molecular flexibility index (Phi) is 6.40. The molecule has 0 saturated heterocycles. The van der Waals surface area contributed by atoms with Crippen molar-refractivity contribution in [2.45, 2.75) is 34.1 Å². The van der Waals surface area contributed by atoms with Crippen molar-refractivity contribution in [1.29, 1.82) is 0 Å². The lowest BCUT2D eigenvalue weighted by Crippen LogP contribution is -2.35. The summed E-state index contributed by atoms with van der Waals surface area (Å²) in [4.78, 5) is 24.7. The fourth-order valence-corrected chi connectivity index (χ4v) is 3.30. The number of pyridine rings is 2. The van der Waals surface area contributed by atoms with E-state index in [1.54, 1.807) is 6.20 Å². The standard InChI is InChI=1S/C24H29N3O/c1-17(2)12-14-27(16-18(3)4)24(28)20-15-23(22-11-7-8-13-25-22)26-21-10-6-5-9-19(20)21/h5-11,13,15,17-18H,12,14,16H2,1-4H3. The number of nitrogens with zero attached hydrogens (tertiary/aromatic N) is 3. The van der Waals surface area contributed by atoms with E-state index in [4.69, 9.17) is 4.98 Å². The van der Waals surface area contributed by atoms with Crippen LogP contribution in [0, 0.1) is 11.8 Å². The van der Waals surface area contributed by atoms with Crippen LogP contribution in [-0.4, -0.2) is 33.9 Å². The van der Waals surface area contributed by atoms with E-state index in [0.29, 0.717) is 17.4 Å². The van der Waals surface area contributed by atoms with Crippen molar-refractivity contribution in [3.8, 4) is 11.4 Å². The first-order chi connectivity index (χ1) is 13.5. The highest BCUT2D eigenvalue weighted by molar-refractivity contribution is 6.07. The molecule has 0 aliphatic carbocycles. The van der Waals surface area contributed by atoms with Gasteiger partial charge in [0.25, 0.3) is 5.91 Å². The summed E-state index contributed by atoms with van der Waals surface area (Å²) in [6.45, 7) is 10.2. The highest BCUT2D eigenvalue weighted by Gasteiger charge is 2.21. The zero-order chi connectivity index (χ0) is 20.1. The van der Waals surface area contributed by atoms with Crippen LogP contribution in [0.5, 0.6) is 0 Å². The van der Waals surface area contributed by atoms with Gasteiger partial charge in [0, 0.05) is 24.7 Å². The lowest BCUT2D eigenvalue weighted by molar-refractivity contribution is 0.0730. The van der Waals surface area contributed by atoms with E-state index < -0.39 is 0 Å². The maximum Gasteiger partial charge on any atom is 0.254 e. The molecular weight excluding hydrogens is 346 g/mol. The third-order valence-corrected chi connectivity index (χ3v) is 4.72. The van der Waals surface area contributed by atoms with Crippen molar-refractivity contribution in [2.75, 3.05) is 13.1 Å². The summed E-state index contributed by atoms with van der Waals surface area (Å²) in [5.41, 5.74) is 3.04. The fourth-order valence-electron chi connectivity index (χ4n) is 3.30. The molecule has 0 N–H and O–H groups in total. The molecule has 0 spiro atoms. The van der Waals surface area contributed by atoms with Gasteiger partial charge in [-0.25, -0.2) is 4.98 Å². The first kappa shape index (κ1) is 20.0. The molecule has 0 aliphatic heterocycles. The van der Waals surface area contributed by atoms with Crippen LogP contribution < -0.4 is 0 Å². The second-order valence-electron chi connectivity index (χ2n) is 8.11. The van der Waals surface area contributed by atoms with E-state index in [9.17, 15) is 4.79 Å². The third-order valence-electron chi connectivity index (χ3n) is 4.72. The summed E-state index contributed by atoms with van der Waals surface area (Å²) in [5, 5.41) is 0.894. The number of rotatable bonds is 7. The molecule has 0 saturated carbocycles. The number of carbonyl (C=O) groups excluding carboxylic acids is 1. The Morgan fingerprint density at radius 1 is 0.964 bits per heavy atom. The molecule has 1 aromatic carbocycles. The molecule has 4 nitrogen and oxygen atoms in total. The molecule has 2 aromatic heterocycles. The molecule has 4 heteroatoms. The van der Waals surface area contributed by atoms with Crippen LogP contribution in [-0.2, 0) is 0 Å². The Hall–Kier alpha value is -2.75. The number of hydrogen-bond donors (Lipinski definition) is 0.